The molecule has 1 heterocycles. The number of rotatable bonds is 4. The standard InChI is InChI=1S/C13H19Cl2N3O2S/c1-18-6-2-3-9(8-18)17-21(19,20)12-5-4-11(14)10(7-16)13(12)15/h4-5,9,17H,2-3,6-8,16H2,1H3. The van der Waals surface area contributed by atoms with Crippen LogP contribution in [0.25, 0.3) is 0 Å². The molecule has 0 spiro atoms. The summed E-state index contributed by atoms with van der Waals surface area (Å²) in [5, 5.41) is 0.473. The van der Waals surface area contributed by atoms with Crippen molar-refractivity contribution in [1.29, 1.82) is 0 Å². The molecule has 118 valence electrons. The molecule has 1 aliphatic heterocycles. The van der Waals surface area contributed by atoms with Crippen LogP contribution in [0.2, 0.25) is 10.0 Å². The van der Waals surface area contributed by atoms with Gasteiger partial charge in [-0.3, -0.25) is 0 Å². The molecule has 21 heavy (non-hydrogen) atoms. The minimum absolute atomic E-state index is 0.0299. The van der Waals surface area contributed by atoms with E-state index >= 15 is 0 Å². The highest BCUT2D eigenvalue weighted by Gasteiger charge is 2.26. The average molecular weight is 352 g/mol. The Morgan fingerprint density at radius 2 is 2.14 bits per heavy atom. The fourth-order valence-electron chi connectivity index (χ4n) is 2.52. The number of benzene rings is 1. The number of nitrogens with one attached hydrogen (secondary N) is 1. The first-order valence-electron chi connectivity index (χ1n) is 6.73. The lowest BCUT2D eigenvalue weighted by Gasteiger charge is -2.30. The smallest absolute Gasteiger partial charge is 0.242 e. The molecule has 1 aliphatic rings. The van der Waals surface area contributed by atoms with Gasteiger partial charge in [-0.05, 0) is 38.6 Å². The van der Waals surface area contributed by atoms with Crippen molar-refractivity contribution in [2.24, 2.45) is 5.73 Å². The van der Waals surface area contributed by atoms with Gasteiger partial charge in [-0.15, -0.1) is 0 Å². The predicted molar refractivity (Wildman–Crippen MR) is 85.2 cm³/mol. The number of nitrogens with zero attached hydrogens (tertiary/aromatic N) is 1. The maximum Gasteiger partial charge on any atom is 0.242 e. The molecule has 1 aromatic rings. The largest absolute Gasteiger partial charge is 0.326 e. The van der Waals surface area contributed by atoms with Gasteiger partial charge in [-0.1, -0.05) is 23.2 Å². The van der Waals surface area contributed by atoms with Crippen LogP contribution in [0.15, 0.2) is 17.0 Å². The highest BCUT2D eigenvalue weighted by molar-refractivity contribution is 7.89. The summed E-state index contributed by atoms with van der Waals surface area (Å²) in [4.78, 5) is 2.13. The van der Waals surface area contributed by atoms with E-state index in [9.17, 15) is 8.42 Å². The molecule has 1 fully saturated rings. The van der Waals surface area contributed by atoms with Gasteiger partial charge in [0.05, 0.1) is 5.02 Å². The lowest BCUT2D eigenvalue weighted by molar-refractivity contribution is 0.242. The second-order valence-corrected chi connectivity index (χ2v) is 7.73. The van der Waals surface area contributed by atoms with Gasteiger partial charge in [0.15, 0.2) is 0 Å². The number of likely N-dealkylation sites (tertiary alicyclic amines) is 1. The molecule has 0 aliphatic carbocycles. The van der Waals surface area contributed by atoms with Crippen molar-refractivity contribution in [3.63, 3.8) is 0 Å². The fraction of sp³-hybridized carbons (Fsp3) is 0.538. The van der Waals surface area contributed by atoms with Crippen molar-refractivity contribution in [2.45, 2.75) is 30.3 Å². The van der Waals surface area contributed by atoms with Crippen LogP contribution in [0.4, 0.5) is 0 Å². The minimum atomic E-state index is -3.69. The van der Waals surface area contributed by atoms with Gasteiger partial charge in [0.2, 0.25) is 10.0 Å². The van der Waals surface area contributed by atoms with Gasteiger partial charge < -0.3 is 10.6 Å². The third-order valence-electron chi connectivity index (χ3n) is 3.59. The molecule has 0 saturated carbocycles. The number of hydrogen-bond donors (Lipinski definition) is 2. The molecule has 3 N–H and O–H groups in total. The zero-order chi connectivity index (χ0) is 15.6. The Hall–Kier alpha value is -0.370. The molecule has 0 radical (unpaired) electrons. The summed E-state index contributed by atoms with van der Waals surface area (Å²) < 4.78 is 27.7. The zero-order valence-electron chi connectivity index (χ0n) is 11.8. The highest BCUT2D eigenvalue weighted by atomic mass is 35.5. The predicted octanol–water partition coefficient (Wildman–Crippen LogP) is 1.82. The van der Waals surface area contributed by atoms with E-state index in [0.717, 1.165) is 19.4 Å². The molecular weight excluding hydrogens is 333 g/mol. The van der Waals surface area contributed by atoms with E-state index in [1.807, 2.05) is 7.05 Å². The summed E-state index contributed by atoms with van der Waals surface area (Å²) in [7, 11) is -1.71. The van der Waals surface area contributed by atoms with Gasteiger partial charge in [-0.25, -0.2) is 13.1 Å². The second kappa shape index (κ2) is 6.81. The molecule has 8 heteroatoms. The van der Waals surface area contributed by atoms with Gasteiger partial charge in [0.1, 0.15) is 4.90 Å². The molecular formula is C13H19Cl2N3O2S. The summed E-state index contributed by atoms with van der Waals surface area (Å²) in [5.41, 5.74) is 6.02. The summed E-state index contributed by atoms with van der Waals surface area (Å²) in [5.74, 6) is 0. The van der Waals surface area contributed by atoms with Gasteiger partial charge in [0, 0.05) is 29.7 Å². The minimum Gasteiger partial charge on any atom is -0.326 e. The van der Waals surface area contributed by atoms with E-state index in [1.54, 1.807) is 0 Å². The van der Waals surface area contributed by atoms with Gasteiger partial charge >= 0.3 is 0 Å². The Morgan fingerprint density at radius 3 is 2.76 bits per heavy atom. The third-order valence-corrected chi connectivity index (χ3v) is 6.05. The van der Waals surface area contributed by atoms with Crippen molar-refractivity contribution in [3.8, 4) is 0 Å². The molecule has 1 unspecified atom stereocenters. The second-order valence-electron chi connectivity index (χ2n) is 5.26. The average Bonchev–Trinajstić information content (AvgIpc) is 2.38. The van der Waals surface area contributed by atoms with Gasteiger partial charge in [-0.2, -0.15) is 0 Å². The fourth-order valence-corrected chi connectivity index (χ4v) is 4.71. The van der Waals surface area contributed by atoms with Crippen molar-refractivity contribution >= 4 is 33.2 Å². The Balaban J connectivity index is 2.27. The molecule has 1 aromatic carbocycles. The highest BCUT2D eigenvalue weighted by Crippen LogP contribution is 2.31. The van der Waals surface area contributed by atoms with Crippen molar-refractivity contribution in [3.05, 3.63) is 27.7 Å². The van der Waals surface area contributed by atoms with E-state index in [2.05, 4.69) is 9.62 Å². The lowest BCUT2D eigenvalue weighted by Crippen LogP contribution is -2.46. The molecule has 1 saturated heterocycles. The first-order valence-corrected chi connectivity index (χ1v) is 8.97. The maximum atomic E-state index is 12.5. The van der Waals surface area contributed by atoms with Crippen LogP contribution < -0.4 is 10.5 Å². The molecule has 0 amide bonds. The summed E-state index contributed by atoms with van der Waals surface area (Å²) >= 11 is 12.1. The normalized spacial score (nSPS) is 20.7. The van der Waals surface area contributed by atoms with Crippen LogP contribution in [-0.4, -0.2) is 39.5 Å². The SMILES string of the molecule is CN1CCCC(NS(=O)(=O)c2ccc(Cl)c(CN)c2Cl)C1. The number of nitrogens with two attached hydrogens (primary N) is 1. The van der Waals surface area contributed by atoms with Crippen LogP contribution >= 0.6 is 23.2 Å². The summed E-state index contributed by atoms with van der Waals surface area (Å²) in [6, 6.07) is 2.82. The van der Waals surface area contributed by atoms with Crippen LogP contribution in [0.5, 0.6) is 0 Å². The number of halogens is 2. The van der Waals surface area contributed by atoms with Crippen LogP contribution in [0.1, 0.15) is 18.4 Å². The van der Waals surface area contributed by atoms with E-state index < -0.39 is 10.0 Å². The molecule has 1 atom stereocenters. The van der Waals surface area contributed by atoms with Gasteiger partial charge in [0.25, 0.3) is 0 Å². The molecule has 0 bridgehead atoms. The number of hydrogen-bond acceptors (Lipinski definition) is 4. The Kier molecular flexibility index (Phi) is 5.51. The van der Waals surface area contributed by atoms with Crippen molar-refractivity contribution in [2.75, 3.05) is 20.1 Å². The molecule has 2 rings (SSSR count). The van der Waals surface area contributed by atoms with Crippen LogP contribution in [0.3, 0.4) is 0 Å². The van der Waals surface area contributed by atoms with Crippen molar-refractivity contribution in [1.82, 2.24) is 9.62 Å². The summed E-state index contributed by atoms with van der Waals surface area (Å²) in [6.45, 7) is 1.76. The van der Waals surface area contributed by atoms with Crippen LogP contribution in [-0.2, 0) is 16.6 Å². The first kappa shape index (κ1) is 17.0. The Bertz CT molecular complexity index is 622. The van der Waals surface area contributed by atoms with E-state index in [1.165, 1.54) is 12.1 Å². The topological polar surface area (TPSA) is 75.4 Å². The van der Waals surface area contributed by atoms with Crippen molar-refractivity contribution < 1.29 is 8.42 Å². The molecule has 0 aromatic heterocycles. The Morgan fingerprint density at radius 1 is 1.43 bits per heavy atom. The monoisotopic (exact) mass is 351 g/mol. The zero-order valence-corrected chi connectivity index (χ0v) is 14.1. The maximum absolute atomic E-state index is 12.5. The van der Waals surface area contributed by atoms with E-state index in [4.69, 9.17) is 28.9 Å². The third kappa shape index (κ3) is 3.88. The van der Waals surface area contributed by atoms with E-state index in [0.29, 0.717) is 17.1 Å². The Labute approximate surface area is 135 Å². The molecule has 5 nitrogen and oxygen atoms in total. The van der Waals surface area contributed by atoms with Crippen LogP contribution in [0, 0.1) is 0 Å². The van der Waals surface area contributed by atoms with E-state index in [-0.39, 0.29) is 22.5 Å². The number of piperidine rings is 1. The summed E-state index contributed by atoms with van der Waals surface area (Å²) in [6.07, 6.45) is 1.78. The lowest BCUT2D eigenvalue weighted by atomic mass is 10.1. The quantitative estimate of drug-likeness (QED) is 0.867. The first-order chi connectivity index (χ1) is 9.85. The number of likely N-dealkylation sites (N-methyl/N-ethyl adjacent to an activating group) is 1. The number of sulfonamides is 1.